The van der Waals surface area contributed by atoms with Gasteiger partial charge < -0.3 is 45.4 Å². The summed E-state index contributed by atoms with van der Waals surface area (Å²) in [6.45, 7) is 3.44. The summed E-state index contributed by atoms with van der Waals surface area (Å²) < 4.78 is 0. The Morgan fingerprint density at radius 3 is 1.24 bits per heavy atom. The third kappa shape index (κ3) is 26.5. The first kappa shape index (κ1) is 38.1. The molecule has 0 rings (SSSR count). The molecular weight excluding hydrogens is 321 g/mol. The average Bonchev–Trinajstić information content (AvgIpc) is 1.98. The fourth-order valence-electron chi connectivity index (χ4n) is 0.684. The molecule has 0 radical (unpaired) electrons. The summed E-state index contributed by atoms with van der Waals surface area (Å²) in [6, 6.07) is 0. The van der Waals surface area contributed by atoms with E-state index in [4.69, 9.17) is 10.2 Å². The van der Waals surface area contributed by atoms with Crippen LogP contribution in [0.25, 0.3) is 0 Å². The fourth-order valence-corrected chi connectivity index (χ4v) is 0.684. The van der Waals surface area contributed by atoms with Gasteiger partial charge in [0.05, 0.1) is 5.97 Å². The van der Waals surface area contributed by atoms with Gasteiger partial charge in [0, 0.05) is 30.9 Å². The number of aliphatic hydroxyl groups is 2. The van der Waals surface area contributed by atoms with E-state index in [1.54, 1.807) is 13.8 Å². The maximum atomic E-state index is 10.1. The number of carboxylic acids is 3. The summed E-state index contributed by atoms with van der Waals surface area (Å²) in [4.78, 5) is 30.0. The van der Waals surface area contributed by atoms with E-state index in [1.807, 2.05) is 0 Å². The zero-order valence-corrected chi connectivity index (χ0v) is 18.8. The Morgan fingerprint density at radius 2 is 1.14 bits per heavy atom. The first-order chi connectivity index (χ1) is 7.51. The molecule has 0 aromatic carbocycles. The van der Waals surface area contributed by atoms with Crippen LogP contribution in [-0.2, 0) is 14.4 Å². The van der Waals surface area contributed by atoms with E-state index in [9.17, 15) is 29.7 Å². The van der Waals surface area contributed by atoms with Crippen molar-refractivity contribution in [1.82, 2.24) is 0 Å². The van der Waals surface area contributed by atoms with E-state index in [-0.39, 0.29) is 100 Å². The molecule has 0 aromatic rings. The van der Waals surface area contributed by atoms with Crippen LogP contribution in [0, 0.1) is 0 Å². The van der Waals surface area contributed by atoms with Crippen LogP contribution in [0.4, 0.5) is 0 Å². The Balaban J connectivity index is -0.0000000629. The Hall–Kier alpha value is 1.29. The third-order valence-corrected chi connectivity index (χ3v) is 1.25. The van der Waals surface area contributed by atoms with Crippen LogP contribution in [-0.4, -0.2) is 45.3 Å². The second-order valence-corrected chi connectivity index (χ2v) is 3.51. The van der Waals surface area contributed by atoms with Gasteiger partial charge in [-0.2, -0.15) is 0 Å². The quantitative estimate of drug-likeness (QED) is 0.462. The second-order valence-electron chi connectivity index (χ2n) is 3.51. The number of hydrogen-bond donors (Lipinski definition) is 2. The number of carbonyl (C=O) groups is 3. The van der Waals surface area contributed by atoms with E-state index in [1.165, 1.54) is 0 Å². The van der Waals surface area contributed by atoms with Gasteiger partial charge >= 0.3 is 88.7 Å². The minimum absolute atomic E-state index is 0. The van der Waals surface area contributed by atoms with Gasteiger partial charge in [-0.15, -0.1) is 0 Å². The van der Waals surface area contributed by atoms with Crippen LogP contribution in [0.5, 0.6) is 0 Å². The molecule has 0 saturated heterocycles. The molecule has 0 aromatic heterocycles. The molecule has 0 bridgehead atoms. The molecule has 9 nitrogen and oxygen atoms in total. The van der Waals surface area contributed by atoms with E-state index >= 15 is 0 Å². The molecule has 0 aliphatic heterocycles. The zero-order valence-electron chi connectivity index (χ0n) is 12.8. The molecular formula is C9H15Na3O9. The van der Waals surface area contributed by atoms with Crippen LogP contribution in [0.15, 0.2) is 0 Å². The largest absolute Gasteiger partial charge is 1.00 e. The molecule has 0 amide bonds. The molecule has 0 spiro atoms. The third-order valence-electron chi connectivity index (χ3n) is 1.25. The molecule has 0 heterocycles. The molecule has 0 saturated carbocycles. The number of carboxylic acid groups (broad SMARTS) is 3. The molecule has 21 heavy (non-hydrogen) atoms. The van der Waals surface area contributed by atoms with E-state index < -0.39 is 36.4 Å². The van der Waals surface area contributed by atoms with Crippen LogP contribution in [0.2, 0.25) is 0 Å². The summed E-state index contributed by atoms with van der Waals surface area (Å²) in [5.74, 6) is -5.98. The molecule has 0 fully saturated rings. The van der Waals surface area contributed by atoms with Crippen molar-refractivity contribution >= 4 is 17.9 Å². The smallest absolute Gasteiger partial charge is 0.550 e. The van der Waals surface area contributed by atoms with Crippen molar-refractivity contribution in [3.8, 4) is 0 Å². The number of hydrogen-bond acceptors (Lipinski definition) is 8. The van der Waals surface area contributed by atoms with E-state index in [0.717, 1.165) is 0 Å². The van der Waals surface area contributed by atoms with Crippen molar-refractivity contribution in [2.45, 2.75) is 38.4 Å². The summed E-state index contributed by atoms with van der Waals surface area (Å²) in [7, 11) is 0. The van der Waals surface area contributed by atoms with Gasteiger partial charge in [-0.1, -0.05) is 0 Å². The average molecular weight is 336 g/mol. The Bertz CT molecular complexity index is 277. The summed E-state index contributed by atoms with van der Waals surface area (Å²) in [5, 5.41) is 47.0. The SMILES string of the molecule is CC(C)O.O.O=C([O-])CC(O)(CC(=O)[O-])C(=O)[O-].[Na+].[Na+].[Na+]. The number of carbonyl (C=O) groups excluding carboxylic acids is 3. The van der Waals surface area contributed by atoms with E-state index in [0.29, 0.717) is 0 Å². The molecule has 0 atom stereocenters. The van der Waals surface area contributed by atoms with Crippen molar-refractivity contribution in [1.29, 1.82) is 0 Å². The number of aliphatic hydroxyl groups excluding tert-OH is 1. The minimum atomic E-state index is -2.97. The first-order valence-corrected chi connectivity index (χ1v) is 4.53. The Morgan fingerprint density at radius 1 is 0.952 bits per heavy atom. The Kier molecular flexibility index (Phi) is 35.1. The van der Waals surface area contributed by atoms with E-state index in [2.05, 4.69) is 0 Å². The normalized spacial score (nSPS) is 8.43. The molecule has 0 aliphatic carbocycles. The predicted octanol–water partition coefficient (Wildman–Crippen LogP) is -14.7. The van der Waals surface area contributed by atoms with Crippen LogP contribution in [0.3, 0.4) is 0 Å². The van der Waals surface area contributed by atoms with Gasteiger partial charge in [0.2, 0.25) is 0 Å². The van der Waals surface area contributed by atoms with Gasteiger partial charge in [-0.3, -0.25) is 0 Å². The zero-order chi connectivity index (χ0) is 14.2. The van der Waals surface area contributed by atoms with Crippen LogP contribution < -0.4 is 104 Å². The van der Waals surface area contributed by atoms with Gasteiger partial charge in [-0.25, -0.2) is 0 Å². The van der Waals surface area contributed by atoms with Crippen molar-refractivity contribution in [3.05, 3.63) is 0 Å². The van der Waals surface area contributed by atoms with Crippen LogP contribution in [0.1, 0.15) is 26.7 Å². The van der Waals surface area contributed by atoms with Crippen molar-refractivity contribution in [3.63, 3.8) is 0 Å². The van der Waals surface area contributed by atoms with Gasteiger partial charge in [0.25, 0.3) is 0 Å². The molecule has 0 aliphatic rings. The predicted molar refractivity (Wildman–Crippen MR) is 50.2 cm³/mol. The molecule has 12 heteroatoms. The minimum Gasteiger partial charge on any atom is -0.550 e. The molecule has 0 unspecified atom stereocenters. The summed E-state index contributed by atoms with van der Waals surface area (Å²) in [5.41, 5.74) is -2.97. The maximum Gasteiger partial charge on any atom is 1.00 e. The van der Waals surface area contributed by atoms with Crippen molar-refractivity contribution in [2.75, 3.05) is 0 Å². The topological polar surface area (TPSA) is 192 Å². The summed E-state index contributed by atoms with van der Waals surface area (Å²) in [6.07, 6.45) is -2.88. The molecule has 108 valence electrons. The first-order valence-electron chi connectivity index (χ1n) is 4.53. The fraction of sp³-hybridized carbons (Fsp3) is 0.667. The van der Waals surface area contributed by atoms with Gasteiger partial charge in [0.15, 0.2) is 0 Å². The number of rotatable bonds is 5. The standard InChI is InChI=1S/C6H8O7.C3H8O.3Na.H2O/c7-3(8)1-6(13,5(11)12)2-4(9)10;1-3(2)4;;;;/h13H,1-2H2,(H,7,8)(H,9,10)(H,11,12);3-4H,1-2H3;;;;1H2/q;;3*+1;/p-3. The second kappa shape index (κ2) is 19.3. The van der Waals surface area contributed by atoms with Gasteiger partial charge in [0.1, 0.15) is 5.60 Å². The maximum absolute atomic E-state index is 10.1. The summed E-state index contributed by atoms with van der Waals surface area (Å²) >= 11 is 0. The number of aliphatic carboxylic acids is 3. The van der Waals surface area contributed by atoms with Crippen molar-refractivity contribution < 1.29 is 134 Å². The molecule has 4 N–H and O–H groups in total. The monoisotopic (exact) mass is 336 g/mol. The van der Waals surface area contributed by atoms with Gasteiger partial charge in [-0.05, 0) is 13.8 Å². The van der Waals surface area contributed by atoms with Crippen LogP contribution >= 0.6 is 0 Å². The Labute approximate surface area is 188 Å². The van der Waals surface area contributed by atoms with Crippen molar-refractivity contribution in [2.24, 2.45) is 0 Å².